The van der Waals surface area contributed by atoms with Crippen LogP contribution in [0.2, 0.25) is 0 Å². The van der Waals surface area contributed by atoms with Crippen molar-refractivity contribution in [2.24, 2.45) is 0 Å². The Morgan fingerprint density at radius 3 is 2.84 bits per heavy atom. The summed E-state index contributed by atoms with van der Waals surface area (Å²) in [5, 5.41) is 2.10. The smallest absolute Gasteiger partial charge is 0.114 e. The molecule has 3 aromatic rings. The van der Waals surface area contributed by atoms with Crippen LogP contribution in [0, 0.1) is 0 Å². The number of hydrogen-bond donors (Lipinski definition) is 1. The SMILES string of the molecule is Nc1ccccc1Cn1ccnc1Cc1cccs1. The zero-order valence-electron chi connectivity index (χ0n) is 10.5. The van der Waals surface area contributed by atoms with Crippen molar-refractivity contribution in [2.45, 2.75) is 13.0 Å². The lowest BCUT2D eigenvalue weighted by Gasteiger charge is -2.09. The third-order valence-corrected chi connectivity index (χ3v) is 3.99. The molecule has 0 spiro atoms. The van der Waals surface area contributed by atoms with Crippen LogP contribution in [0.3, 0.4) is 0 Å². The van der Waals surface area contributed by atoms with Crippen LogP contribution in [0.15, 0.2) is 54.2 Å². The van der Waals surface area contributed by atoms with Crippen LogP contribution >= 0.6 is 11.3 Å². The van der Waals surface area contributed by atoms with Crippen LogP contribution in [-0.4, -0.2) is 9.55 Å². The topological polar surface area (TPSA) is 43.8 Å². The fraction of sp³-hybridized carbons (Fsp3) is 0.133. The van der Waals surface area contributed by atoms with Gasteiger partial charge in [0.15, 0.2) is 0 Å². The molecular formula is C15H15N3S. The number of imidazole rings is 1. The molecule has 0 amide bonds. The van der Waals surface area contributed by atoms with Gasteiger partial charge in [0.2, 0.25) is 0 Å². The van der Waals surface area contributed by atoms with E-state index in [4.69, 9.17) is 5.73 Å². The molecule has 0 aliphatic heterocycles. The Morgan fingerprint density at radius 1 is 1.16 bits per heavy atom. The first-order valence-electron chi connectivity index (χ1n) is 6.19. The van der Waals surface area contributed by atoms with Crippen LogP contribution in [0.5, 0.6) is 0 Å². The van der Waals surface area contributed by atoms with E-state index in [2.05, 4.69) is 33.1 Å². The number of aromatic nitrogens is 2. The molecule has 0 bridgehead atoms. The second kappa shape index (κ2) is 5.28. The van der Waals surface area contributed by atoms with Gasteiger partial charge >= 0.3 is 0 Å². The maximum atomic E-state index is 5.99. The van der Waals surface area contributed by atoms with Gasteiger partial charge in [-0.2, -0.15) is 0 Å². The zero-order chi connectivity index (χ0) is 13.1. The molecule has 0 aliphatic rings. The third-order valence-electron chi connectivity index (χ3n) is 3.11. The number of benzene rings is 1. The normalized spacial score (nSPS) is 10.7. The van der Waals surface area contributed by atoms with E-state index in [9.17, 15) is 0 Å². The maximum absolute atomic E-state index is 5.99. The summed E-state index contributed by atoms with van der Waals surface area (Å²) in [6.07, 6.45) is 4.73. The average Bonchev–Trinajstić information content (AvgIpc) is 3.06. The minimum Gasteiger partial charge on any atom is -0.398 e. The monoisotopic (exact) mass is 269 g/mol. The molecule has 1 aromatic carbocycles. The van der Waals surface area contributed by atoms with E-state index in [0.717, 1.165) is 30.0 Å². The molecule has 4 heteroatoms. The Hall–Kier alpha value is -2.07. The van der Waals surface area contributed by atoms with Gasteiger partial charge in [-0.25, -0.2) is 4.98 Å². The molecule has 0 saturated heterocycles. The second-order valence-corrected chi connectivity index (χ2v) is 5.46. The number of anilines is 1. The fourth-order valence-electron chi connectivity index (χ4n) is 2.08. The Morgan fingerprint density at radius 2 is 2.05 bits per heavy atom. The van der Waals surface area contributed by atoms with Gasteiger partial charge in [0.1, 0.15) is 5.82 Å². The van der Waals surface area contributed by atoms with E-state index in [1.54, 1.807) is 11.3 Å². The fourth-order valence-corrected chi connectivity index (χ4v) is 2.78. The minimum atomic E-state index is 0.771. The van der Waals surface area contributed by atoms with Crippen LogP contribution < -0.4 is 5.73 Å². The van der Waals surface area contributed by atoms with E-state index in [1.165, 1.54) is 4.88 Å². The van der Waals surface area contributed by atoms with Gasteiger partial charge in [-0.1, -0.05) is 24.3 Å². The lowest BCUT2D eigenvalue weighted by atomic mass is 10.2. The first-order valence-corrected chi connectivity index (χ1v) is 7.06. The Labute approximate surface area is 116 Å². The van der Waals surface area contributed by atoms with E-state index in [1.807, 2.05) is 30.6 Å². The van der Waals surface area contributed by atoms with Crippen molar-refractivity contribution in [3.05, 3.63) is 70.4 Å². The van der Waals surface area contributed by atoms with Gasteiger partial charge in [-0.05, 0) is 23.1 Å². The highest BCUT2D eigenvalue weighted by molar-refractivity contribution is 7.09. The van der Waals surface area contributed by atoms with Crippen molar-refractivity contribution in [1.29, 1.82) is 0 Å². The van der Waals surface area contributed by atoms with E-state index >= 15 is 0 Å². The summed E-state index contributed by atoms with van der Waals surface area (Å²) in [6.45, 7) is 0.771. The molecule has 3 rings (SSSR count). The maximum Gasteiger partial charge on any atom is 0.114 e. The highest BCUT2D eigenvalue weighted by atomic mass is 32.1. The molecule has 96 valence electrons. The highest BCUT2D eigenvalue weighted by Gasteiger charge is 2.06. The molecule has 0 aliphatic carbocycles. The first-order chi connectivity index (χ1) is 9.33. The molecule has 0 fully saturated rings. The Bertz CT molecular complexity index is 656. The van der Waals surface area contributed by atoms with Crippen molar-refractivity contribution < 1.29 is 0 Å². The highest BCUT2D eigenvalue weighted by Crippen LogP contribution is 2.17. The lowest BCUT2D eigenvalue weighted by molar-refractivity contribution is 0.744. The zero-order valence-corrected chi connectivity index (χ0v) is 11.3. The number of thiophene rings is 1. The van der Waals surface area contributed by atoms with Gasteiger partial charge in [-0.3, -0.25) is 0 Å². The summed E-state index contributed by atoms with van der Waals surface area (Å²) in [7, 11) is 0. The minimum absolute atomic E-state index is 0.771. The van der Waals surface area contributed by atoms with E-state index in [-0.39, 0.29) is 0 Å². The quantitative estimate of drug-likeness (QED) is 0.739. The van der Waals surface area contributed by atoms with Gasteiger partial charge in [0.25, 0.3) is 0 Å². The van der Waals surface area contributed by atoms with Gasteiger partial charge in [0.05, 0.1) is 6.54 Å². The summed E-state index contributed by atoms with van der Waals surface area (Å²) in [6, 6.07) is 12.2. The van der Waals surface area contributed by atoms with Crippen LogP contribution in [0.25, 0.3) is 0 Å². The number of nitrogens with zero attached hydrogens (tertiary/aromatic N) is 2. The molecule has 0 saturated carbocycles. The molecule has 3 nitrogen and oxygen atoms in total. The Balaban J connectivity index is 1.83. The van der Waals surface area contributed by atoms with Crippen molar-refractivity contribution in [3.63, 3.8) is 0 Å². The lowest BCUT2D eigenvalue weighted by Crippen LogP contribution is -2.06. The summed E-state index contributed by atoms with van der Waals surface area (Å²) in [5.41, 5.74) is 7.96. The number of rotatable bonds is 4. The van der Waals surface area contributed by atoms with Gasteiger partial charge < -0.3 is 10.3 Å². The molecule has 0 unspecified atom stereocenters. The summed E-state index contributed by atoms with van der Waals surface area (Å²) in [4.78, 5) is 5.77. The number of nitrogens with two attached hydrogens (primary N) is 1. The molecule has 2 heterocycles. The molecule has 0 atom stereocenters. The van der Waals surface area contributed by atoms with Crippen molar-refractivity contribution in [2.75, 3.05) is 5.73 Å². The van der Waals surface area contributed by atoms with Crippen LogP contribution in [0.1, 0.15) is 16.3 Å². The molecular weight excluding hydrogens is 254 g/mol. The average molecular weight is 269 g/mol. The Kier molecular flexibility index (Phi) is 3.33. The number of nitrogen functional groups attached to an aromatic ring is 1. The van der Waals surface area contributed by atoms with E-state index < -0.39 is 0 Å². The third kappa shape index (κ3) is 2.69. The predicted molar refractivity (Wildman–Crippen MR) is 79.3 cm³/mol. The molecule has 2 N–H and O–H groups in total. The molecule has 2 aromatic heterocycles. The van der Waals surface area contributed by atoms with Crippen molar-refractivity contribution in [1.82, 2.24) is 9.55 Å². The van der Waals surface area contributed by atoms with E-state index in [0.29, 0.717) is 0 Å². The van der Waals surface area contributed by atoms with Crippen molar-refractivity contribution in [3.8, 4) is 0 Å². The standard InChI is InChI=1S/C15H15N3S/c16-14-6-2-1-4-12(14)11-18-8-7-17-15(18)10-13-5-3-9-19-13/h1-9H,10-11,16H2. The number of para-hydroxylation sites is 1. The van der Waals surface area contributed by atoms with Gasteiger partial charge in [-0.15, -0.1) is 11.3 Å². The second-order valence-electron chi connectivity index (χ2n) is 4.43. The van der Waals surface area contributed by atoms with Crippen LogP contribution in [0.4, 0.5) is 5.69 Å². The predicted octanol–water partition coefficient (Wildman–Crippen LogP) is 3.17. The largest absolute Gasteiger partial charge is 0.398 e. The molecule has 0 radical (unpaired) electrons. The summed E-state index contributed by atoms with van der Waals surface area (Å²) >= 11 is 1.76. The summed E-state index contributed by atoms with van der Waals surface area (Å²) in [5.74, 6) is 1.07. The van der Waals surface area contributed by atoms with Crippen molar-refractivity contribution >= 4 is 17.0 Å². The first kappa shape index (κ1) is 12.0. The number of hydrogen-bond acceptors (Lipinski definition) is 3. The van der Waals surface area contributed by atoms with Gasteiger partial charge in [0, 0.05) is 29.4 Å². The molecule has 19 heavy (non-hydrogen) atoms. The van der Waals surface area contributed by atoms with Crippen LogP contribution in [-0.2, 0) is 13.0 Å². The summed E-state index contributed by atoms with van der Waals surface area (Å²) < 4.78 is 2.16.